The van der Waals surface area contributed by atoms with Gasteiger partial charge in [0.2, 0.25) is 0 Å². The van der Waals surface area contributed by atoms with E-state index in [1.54, 1.807) is 12.1 Å². The van der Waals surface area contributed by atoms with E-state index in [1.165, 1.54) is 13.2 Å². The number of ether oxygens (including phenoxy) is 1. The summed E-state index contributed by atoms with van der Waals surface area (Å²) in [4.78, 5) is 10.5. The number of nitro benzene ring substituents is 1. The van der Waals surface area contributed by atoms with Crippen LogP contribution in [0.4, 0.5) is 11.4 Å². The van der Waals surface area contributed by atoms with E-state index in [0.717, 1.165) is 12.8 Å². The summed E-state index contributed by atoms with van der Waals surface area (Å²) in [6.45, 7) is 4.32. The number of aliphatic hydroxyl groups excluding tert-OH is 1. The topological polar surface area (TPSA) is 84.6 Å². The molecule has 1 unspecified atom stereocenters. The zero-order valence-corrected chi connectivity index (χ0v) is 12.1. The van der Waals surface area contributed by atoms with Crippen LogP contribution in [0.5, 0.6) is 5.75 Å². The van der Waals surface area contributed by atoms with Crippen molar-refractivity contribution in [1.29, 1.82) is 0 Å². The maximum absolute atomic E-state index is 11.0. The number of nitro groups is 1. The van der Waals surface area contributed by atoms with Gasteiger partial charge in [0.1, 0.15) is 11.4 Å². The molecule has 0 heterocycles. The monoisotopic (exact) mass is 282 g/mol. The fourth-order valence-electron chi connectivity index (χ4n) is 2.16. The number of hydrogen-bond acceptors (Lipinski definition) is 5. The van der Waals surface area contributed by atoms with E-state index in [1.807, 2.05) is 13.8 Å². The molecule has 6 nitrogen and oxygen atoms in total. The SMILES string of the molecule is CCC(CC)C(O)CNc1cc(OC)ccc1[N+](=O)[O-]. The van der Waals surface area contributed by atoms with Crippen molar-refractivity contribution in [3.63, 3.8) is 0 Å². The summed E-state index contributed by atoms with van der Waals surface area (Å²) in [6, 6.07) is 4.50. The third kappa shape index (κ3) is 4.09. The first-order valence-corrected chi connectivity index (χ1v) is 6.77. The molecule has 20 heavy (non-hydrogen) atoms. The maximum Gasteiger partial charge on any atom is 0.292 e. The highest BCUT2D eigenvalue weighted by Crippen LogP contribution is 2.29. The van der Waals surface area contributed by atoms with E-state index in [-0.39, 0.29) is 18.2 Å². The lowest BCUT2D eigenvalue weighted by Gasteiger charge is -2.21. The second-order valence-electron chi connectivity index (χ2n) is 4.67. The van der Waals surface area contributed by atoms with Crippen molar-refractivity contribution < 1.29 is 14.8 Å². The van der Waals surface area contributed by atoms with Gasteiger partial charge in [-0.2, -0.15) is 0 Å². The summed E-state index contributed by atoms with van der Waals surface area (Å²) in [7, 11) is 1.50. The van der Waals surface area contributed by atoms with Crippen LogP contribution >= 0.6 is 0 Å². The van der Waals surface area contributed by atoms with Gasteiger partial charge >= 0.3 is 0 Å². The Morgan fingerprint density at radius 2 is 2.05 bits per heavy atom. The van der Waals surface area contributed by atoms with E-state index < -0.39 is 11.0 Å². The Morgan fingerprint density at radius 3 is 2.55 bits per heavy atom. The molecule has 2 N–H and O–H groups in total. The minimum absolute atomic E-state index is 0.0254. The standard InChI is InChI=1S/C14H22N2O4/c1-4-10(5-2)14(17)9-15-12-8-11(20-3)6-7-13(12)16(18)19/h6-8,10,14-15,17H,4-5,9H2,1-3H3. The van der Waals surface area contributed by atoms with Crippen LogP contribution < -0.4 is 10.1 Å². The number of benzene rings is 1. The first kappa shape index (κ1) is 16.2. The minimum atomic E-state index is -0.532. The minimum Gasteiger partial charge on any atom is -0.497 e. The predicted molar refractivity (Wildman–Crippen MR) is 78.2 cm³/mol. The summed E-state index contributed by atoms with van der Waals surface area (Å²) >= 11 is 0. The predicted octanol–water partition coefficient (Wildman–Crippen LogP) is 2.81. The molecule has 0 bridgehead atoms. The van der Waals surface area contributed by atoms with Gasteiger partial charge in [0.25, 0.3) is 5.69 Å². The van der Waals surface area contributed by atoms with Gasteiger partial charge in [0, 0.05) is 18.7 Å². The molecular formula is C14H22N2O4. The van der Waals surface area contributed by atoms with Gasteiger partial charge in [-0.1, -0.05) is 26.7 Å². The summed E-state index contributed by atoms with van der Waals surface area (Å²) in [5.74, 6) is 0.724. The van der Waals surface area contributed by atoms with Crippen molar-refractivity contribution >= 4 is 11.4 Å². The molecule has 0 aliphatic carbocycles. The van der Waals surface area contributed by atoms with E-state index in [0.29, 0.717) is 11.4 Å². The Bertz CT molecular complexity index is 447. The summed E-state index contributed by atoms with van der Waals surface area (Å²) in [6.07, 6.45) is 1.22. The van der Waals surface area contributed by atoms with E-state index in [2.05, 4.69) is 5.32 Å². The Balaban J connectivity index is 2.82. The van der Waals surface area contributed by atoms with Crippen molar-refractivity contribution in [1.82, 2.24) is 0 Å². The molecule has 1 aromatic rings. The quantitative estimate of drug-likeness (QED) is 0.565. The second-order valence-corrected chi connectivity index (χ2v) is 4.67. The normalized spacial score (nSPS) is 12.2. The van der Waals surface area contributed by atoms with Crippen molar-refractivity contribution in [2.45, 2.75) is 32.8 Å². The molecule has 0 saturated heterocycles. The van der Waals surface area contributed by atoms with Gasteiger partial charge in [-0.05, 0) is 12.0 Å². The summed E-state index contributed by atoms with van der Waals surface area (Å²) in [5.41, 5.74) is 0.335. The van der Waals surface area contributed by atoms with Crippen LogP contribution in [-0.2, 0) is 0 Å². The number of rotatable bonds is 8. The number of methoxy groups -OCH3 is 1. The average molecular weight is 282 g/mol. The molecule has 0 amide bonds. The van der Waals surface area contributed by atoms with E-state index >= 15 is 0 Å². The maximum atomic E-state index is 11.0. The van der Waals surface area contributed by atoms with Gasteiger partial charge < -0.3 is 15.2 Å². The summed E-state index contributed by atoms with van der Waals surface area (Å²) < 4.78 is 5.06. The van der Waals surface area contributed by atoms with Crippen LogP contribution in [0.2, 0.25) is 0 Å². The van der Waals surface area contributed by atoms with E-state index in [9.17, 15) is 15.2 Å². The van der Waals surface area contributed by atoms with Crippen molar-refractivity contribution in [2.75, 3.05) is 19.0 Å². The number of nitrogens with zero attached hydrogens (tertiary/aromatic N) is 1. The van der Waals surface area contributed by atoms with Crippen LogP contribution in [0.1, 0.15) is 26.7 Å². The summed E-state index contributed by atoms with van der Waals surface area (Å²) in [5, 5.41) is 24.0. The molecular weight excluding hydrogens is 260 g/mol. The van der Waals surface area contributed by atoms with E-state index in [4.69, 9.17) is 4.74 Å². The zero-order chi connectivity index (χ0) is 15.1. The Hall–Kier alpha value is -1.82. The molecule has 0 aliphatic heterocycles. The second kappa shape index (κ2) is 7.69. The van der Waals surface area contributed by atoms with Crippen LogP contribution in [0, 0.1) is 16.0 Å². The van der Waals surface area contributed by atoms with Gasteiger partial charge in [-0.25, -0.2) is 0 Å². The molecule has 0 fully saturated rings. The van der Waals surface area contributed by atoms with Crippen LogP contribution in [0.15, 0.2) is 18.2 Å². The average Bonchev–Trinajstić information content (AvgIpc) is 2.45. The lowest BCUT2D eigenvalue weighted by atomic mass is 9.96. The Labute approximate surface area is 118 Å². The highest BCUT2D eigenvalue weighted by Gasteiger charge is 2.18. The molecule has 0 saturated carbocycles. The van der Waals surface area contributed by atoms with Crippen molar-refractivity contribution in [2.24, 2.45) is 5.92 Å². The molecule has 0 spiro atoms. The molecule has 1 aromatic carbocycles. The van der Waals surface area contributed by atoms with Gasteiger partial charge in [0.15, 0.2) is 0 Å². The van der Waals surface area contributed by atoms with Crippen LogP contribution in [0.25, 0.3) is 0 Å². The zero-order valence-electron chi connectivity index (χ0n) is 12.1. The lowest BCUT2D eigenvalue weighted by molar-refractivity contribution is -0.384. The third-order valence-corrected chi connectivity index (χ3v) is 3.49. The number of nitrogens with one attached hydrogen (secondary N) is 1. The van der Waals surface area contributed by atoms with Crippen molar-refractivity contribution in [3.05, 3.63) is 28.3 Å². The largest absolute Gasteiger partial charge is 0.497 e. The van der Waals surface area contributed by atoms with Gasteiger partial charge in [0.05, 0.1) is 18.1 Å². The Kier molecular flexibility index (Phi) is 6.24. The Morgan fingerprint density at radius 1 is 1.40 bits per heavy atom. The molecule has 0 radical (unpaired) electrons. The lowest BCUT2D eigenvalue weighted by Crippen LogP contribution is -2.27. The number of hydrogen-bond donors (Lipinski definition) is 2. The highest BCUT2D eigenvalue weighted by atomic mass is 16.6. The smallest absolute Gasteiger partial charge is 0.292 e. The van der Waals surface area contributed by atoms with Gasteiger partial charge in [-0.15, -0.1) is 0 Å². The number of aliphatic hydroxyl groups is 1. The fraction of sp³-hybridized carbons (Fsp3) is 0.571. The third-order valence-electron chi connectivity index (χ3n) is 3.49. The van der Waals surface area contributed by atoms with Crippen LogP contribution in [-0.4, -0.2) is 29.8 Å². The van der Waals surface area contributed by atoms with Gasteiger partial charge in [-0.3, -0.25) is 10.1 Å². The first-order valence-electron chi connectivity index (χ1n) is 6.77. The first-order chi connectivity index (χ1) is 9.53. The molecule has 0 aliphatic rings. The number of anilines is 1. The molecule has 1 atom stereocenters. The van der Waals surface area contributed by atoms with Crippen molar-refractivity contribution in [3.8, 4) is 5.75 Å². The fourth-order valence-corrected chi connectivity index (χ4v) is 2.16. The van der Waals surface area contributed by atoms with Crippen LogP contribution in [0.3, 0.4) is 0 Å². The molecule has 1 rings (SSSR count). The molecule has 0 aromatic heterocycles. The highest BCUT2D eigenvalue weighted by molar-refractivity contribution is 5.64. The molecule has 6 heteroatoms. The molecule has 112 valence electrons.